The molecular weight excluding hydrogens is 181 g/mol. The molecule has 0 amide bonds. The van der Waals surface area contributed by atoms with E-state index in [1.807, 2.05) is 13.0 Å². The summed E-state index contributed by atoms with van der Waals surface area (Å²) in [4.78, 5) is 0. The van der Waals surface area contributed by atoms with E-state index in [-0.39, 0.29) is 11.6 Å². The van der Waals surface area contributed by atoms with Crippen LogP contribution >= 0.6 is 0 Å². The van der Waals surface area contributed by atoms with Crippen molar-refractivity contribution < 1.29 is 9.13 Å². The predicted molar refractivity (Wildman–Crippen MR) is 51.6 cm³/mol. The Morgan fingerprint density at radius 3 is 2.79 bits per heavy atom. The van der Waals surface area contributed by atoms with Gasteiger partial charge >= 0.3 is 0 Å². The second-order valence-electron chi connectivity index (χ2n) is 3.10. The Kier molecular flexibility index (Phi) is 3.47. The monoisotopic (exact) mass is 193 g/mol. The molecule has 0 N–H and O–H groups in total. The van der Waals surface area contributed by atoms with Crippen LogP contribution in [0.4, 0.5) is 4.39 Å². The molecule has 74 valence electrons. The maximum atomic E-state index is 13.5. The van der Waals surface area contributed by atoms with Crippen molar-refractivity contribution in [1.82, 2.24) is 0 Å². The normalized spacial score (nSPS) is 9.57. The number of ether oxygens (including phenoxy) is 1. The van der Waals surface area contributed by atoms with E-state index in [1.165, 1.54) is 7.11 Å². The van der Waals surface area contributed by atoms with Crippen LogP contribution in [-0.2, 0) is 6.42 Å². The molecule has 3 heteroatoms. The number of benzene rings is 1. The summed E-state index contributed by atoms with van der Waals surface area (Å²) in [6.07, 6.45) is 0.754. The van der Waals surface area contributed by atoms with Gasteiger partial charge in [0.25, 0.3) is 0 Å². The van der Waals surface area contributed by atoms with E-state index in [4.69, 9.17) is 10.00 Å². The molecule has 0 heterocycles. The molecule has 0 bridgehead atoms. The first-order valence-electron chi connectivity index (χ1n) is 4.39. The van der Waals surface area contributed by atoms with Gasteiger partial charge in [-0.2, -0.15) is 5.26 Å². The molecule has 0 aromatic heterocycles. The molecule has 1 aromatic carbocycles. The van der Waals surface area contributed by atoms with Crippen LogP contribution in [0.25, 0.3) is 0 Å². The molecule has 14 heavy (non-hydrogen) atoms. The molecule has 0 atom stereocenters. The van der Waals surface area contributed by atoms with Crippen molar-refractivity contribution in [2.24, 2.45) is 0 Å². The zero-order chi connectivity index (χ0) is 10.6. The number of nitriles is 1. The molecule has 0 radical (unpaired) electrons. The highest BCUT2D eigenvalue weighted by Crippen LogP contribution is 2.23. The Balaban J connectivity index is 3.04. The molecular formula is C11H12FNO. The van der Waals surface area contributed by atoms with Gasteiger partial charge in [-0.3, -0.25) is 0 Å². The first kappa shape index (κ1) is 10.5. The van der Waals surface area contributed by atoms with Crippen LogP contribution in [0.5, 0.6) is 5.75 Å². The molecule has 1 aromatic rings. The lowest BCUT2D eigenvalue weighted by molar-refractivity contribution is 0.384. The fourth-order valence-corrected chi connectivity index (χ4v) is 1.33. The Hall–Kier alpha value is -1.56. The van der Waals surface area contributed by atoms with Gasteiger partial charge in [0.2, 0.25) is 0 Å². The molecule has 0 unspecified atom stereocenters. The Bertz CT molecular complexity index is 368. The van der Waals surface area contributed by atoms with Gasteiger partial charge in [-0.15, -0.1) is 0 Å². The zero-order valence-electron chi connectivity index (χ0n) is 8.30. The summed E-state index contributed by atoms with van der Waals surface area (Å²) in [7, 11) is 1.44. The van der Waals surface area contributed by atoms with Gasteiger partial charge in [-0.05, 0) is 30.5 Å². The van der Waals surface area contributed by atoms with E-state index in [2.05, 4.69) is 0 Å². The van der Waals surface area contributed by atoms with E-state index < -0.39 is 0 Å². The van der Waals surface area contributed by atoms with Crippen LogP contribution in [0.15, 0.2) is 12.1 Å². The number of rotatable bonds is 3. The molecule has 0 spiro atoms. The van der Waals surface area contributed by atoms with Crippen molar-refractivity contribution >= 4 is 0 Å². The van der Waals surface area contributed by atoms with E-state index in [0.717, 1.165) is 5.56 Å². The van der Waals surface area contributed by atoms with Gasteiger partial charge in [-0.25, -0.2) is 4.39 Å². The highest BCUT2D eigenvalue weighted by molar-refractivity contribution is 5.36. The Labute approximate surface area is 82.9 Å². The number of nitrogens with zero attached hydrogens (tertiary/aromatic N) is 1. The summed E-state index contributed by atoms with van der Waals surface area (Å²) in [5.74, 6) is -0.105. The van der Waals surface area contributed by atoms with E-state index in [1.54, 1.807) is 12.1 Å². The Morgan fingerprint density at radius 2 is 2.21 bits per heavy atom. The van der Waals surface area contributed by atoms with Gasteiger partial charge in [0.15, 0.2) is 11.6 Å². The van der Waals surface area contributed by atoms with Crippen molar-refractivity contribution in [1.29, 1.82) is 5.26 Å². The van der Waals surface area contributed by atoms with Crippen LogP contribution in [0.1, 0.15) is 17.5 Å². The number of hydrogen-bond donors (Lipinski definition) is 0. The van der Waals surface area contributed by atoms with Crippen molar-refractivity contribution in [2.75, 3.05) is 7.11 Å². The standard InChI is InChI=1S/C11H12FNO/c1-8-6-9(4-3-5-13)11(12)10(7-8)14-2/h6-7H,3-4H2,1-2H3. The molecule has 0 fully saturated rings. The van der Waals surface area contributed by atoms with Gasteiger partial charge < -0.3 is 4.74 Å². The quantitative estimate of drug-likeness (QED) is 0.739. The van der Waals surface area contributed by atoms with Gasteiger partial charge in [0, 0.05) is 6.42 Å². The van der Waals surface area contributed by atoms with Crippen molar-refractivity contribution in [3.63, 3.8) is 0 Å². The minimum Gasteiger partial charge on any atom is -0.494 e. The van der Waals surface area contributed by atoms with Crippen LogP contribution in [-0.4, -0.2) is 7.11 Å². The lowest BCUT2D eigenvalue weighted by atomic mass is 10.1. The summed E-state index contributed by atoms with van der Waals surface area (Å²) in [6, 6.07) is 5.38. The largest absolute Gasteiger partial charge is 0.494 e. The number of methoxy groups -OCH3 is 1. The molecule has 0 saturated heterocycles. The zero-order valence-corrected chi connectivity index (χ0v) is 8.30. The molecule has 2 nitrogen and oxygen atoms in total. The molecule has 1 rings (SSSR count). The predicted octanol–water partition coefficient (Wildman–Crippen LogP) is 2.60. The maximum absolute atomic E-state index is 13.5. The number of aryl methyl sites for hydroxylation is 2. The van der Waals surface area contributed by atoms with Gasteiger partial charge in [0.05, 0.1) is 13.2 Å². The Morgan fingerprint density at radius 1 is 1.50 bits per heavy atom. The summed E-state index contributed by atoms with van der Waals surface area (Å²) in [5.41, 5.74) is 1.49. The second kappa shape index (κ2) is 4.61. The van der Waals surface area contributed by atoms with Crippen LogP contribution in [0.3, 0.4) is 0 Å². The van der Waals surface area contributed by atoms with Crippen LogP contribution < -0.4 is 4.74 Å². The first-order chi connectivity index (χ1) is 6.69. The van der Waals surface area contributed by atoms with E-state index >= 15 is 0 Å². The average molecular weight is 193 g/mol. The third kappa shape index (κ3) is 2.23. The summed E-state index contributed by atoms with van der Waals surface area (Å²) < 4.78 is 18.4. The average Bonchev–Trinajstić information content (AvgIpc) is 2.18. The molecule has 0 aliphatic heterocycles. The topological polar surface area (TPSA) is 33.0 Å². The lowest BCUT2D eigenvalue weighted by Crippen LogP contribution is -1.96. The summed E-state index contributed by atoms with van der Waals surface area (Å²) >= 11 is 0. The summed E-state index contributed by atoms with van der Waals surface area (Å²) in [6.45, 7) is 1.87. The number of hydrogen-bond acceptors (Lipinski definition) is 2. The molecule has 0 aliphatic carbocycles. The maximum Gasteiger partial charge on any atom is 0.168 e. The van der Waals surface area contributed by atoms with Crippen molar-refractivity contribution in [3.8, 4) is 11.8 Å². The van der Waals surface area contributed by atoms with Gasteiger partial charge in [0.1, 0.15) is 0 Å². The SMILES string of the molecule is COc1cc(C)cc(CCC#N)c1F. The fourth-order valence-electron chi connectivity index (χ4n) is 1.33. The molecule has 0 aliphatic rings. The minimum atomic E-state index is -0.353. The van der Waals surface area contributed by atoms with Crippen molar-refractivity contribution in [3.05, 3.63) is 29.1 Å². The highest BCUT2D eigenvalue weighted by atomic mass is 19.1. The van der Waals surface area contributed by atoms with Crippen LogP contribution in [0, 0.1) is 24.1 Å². The van der Waals surface area contributed by atoms with E-state index in [0.29, 0.717) is 18.4 Å². The third-order valence-corrected chi connectivity index (χ3v) is 1.98. The van der Waals surface area contributed by atoms with Crippen molar-refractivity contribution in [2.45, 2.75) is 19.8 Å². The first-order valence-corrected chi connectivity index (χ1v) is 4.39. The molecule has 0 saturated carbocycles. The van der Waals surface area contributed by atoms with Gasteiger partial charge in [-0.1, -0.05) is 6.07 Å². The number of halogens is 1. The van der Waals surface area contributed by atoms with E-state index in [9.17, 15) is 4.39 Å². The summed E-state index contributed by atoms with van der Waals surface area (Å²) in [5, 5.41) is 8.41. The highest BCUT2D eigenvalue weighted by Gasteiger charge is 2.09. The smallest absolute Gasteiger partial charge is 0.168 e. The fraction of sp³-hybridized carbons (Fsp3) is 0.364. The third-order valence-electron chi connectivity index (χ3n) is 1.98. The second-order valence-corrected chi connectivity index (χ2v) is 3.10. The van der Waals surface area contributed by atoms with Crippen LogP contribution in [0.2, 0.25) is 0 Å². The lowest BCUT2D eigenvalue weighted by Gasteiger charge is -2.07. The minimum absolute atomic E-state index is 0.248.